The summed E-state index contributed by atoms with van der Waals surface area (Å²) in [7, 11) is 0. The van der Waals surface area contributed by atoms with Gasteiger partial charge in [-0.2, -0.15) is 0 Å². The van der Waals surface area contributed by atoms with Gasteiger partial charge in [0.1, 0.15) is 5.75 Å². The molecule has 0 spiro atoms. The van der Waals surface area contributed by atoms with E-state index in [0.29, 0.717) is 19.4 Å². The Kier molecular flexibility index (Phi) is 4.83. The van der Waals surface area contributed by atoms with Gasteiger partial charge in [-0.1, -0.05) is 36.4 Å². The maximum Gasteiger partial charge on any atom is 0.255 e. The molecular weight excluding hydrogens is 306 g/mol. The third kappa shape index (κ3) is 3.58. The number of hydrogen-bond donors (Lipinski definition) is 3. The number of aromatic hydroxyl groups is 1. The van der Waals surface area contributed by atoms with Crippen LogP contribution in [0, 0.1) is 0 Å². The van der Waals surface area contributed by atoms with Crippen molar-refractivity contribution in [3.8, 4) is 5.75 Å². The van der Waals surface area contributed by atoms with Crippen molar-refractivity contribution in [2.45, 2.75) is 18.4 Å². The topological polar surface area (TPSA) is 78.8 Å². The molecule has 2 aromatic carbocycles. The normalized spacial score (nSPS) is 20.0. The Morgan fingerprint density at radius 2 is 1.96 bits per heavy atom. The summed E-state index contributed by atoms with van der Waals surface area (Å²) in [6.45, 7) is 0.587. The molecule has 1 heterocycles. The van der Waals surface area contributed by atoms with Crippen LogP contribution >= 0.6 is 0 Å². The van der Waals surface area contributed by atoms with Crippen LogP contribution in [0.4, 0.5) is 0 Å². The monoisotopic (exact) mass is 327 g/mol. The number of phenols is 1. The second-order valence-electron chi connectivity index (χ2n) is 6.21. The molecule has 2 aromatic rings. The fraction of sp³-hybridized carbons (Fsp3) is 0.316. The molecule has 5 heteroatoms. The maximum atomic E-state index is 12.6. The molecule has 1 aliphatic rings. The second kappa shape index (κ2) is 7.03. The molecule has 1 amide bonds. The summed E-state index contributed by atoms with van der Waals surface area (Å²) in [5.74, 6) is -0.474. The number of carbonyl (C=O) groups excluding carboxylic acids is 1. The second-order valence-corrected chi connectivity index (χ2v) is 6.21. The van der Waals surface area contributed by atoms with Gasteiger partial charge in [0.05, 0.1) is 24.3 Å². The molecule has 1 atom stereocenters. The van der Waals surface area contributed by atoms with E-state index in [2.05, 4.69) is 5.32 Å². The molecule has 3 rings (SSSR count). The molecule has 0 saturated carbocycles. The first-order chi connectivity index (χ1) is 11.6. The van der Waals surface area contributed by atoms with Crippen LogP contribution in [0.5, 0.6) is 5.75 Å². The van der Waals surface area contributed by atoms with Crippen LogP contribution in [0.1, 0.15) is 27.9 Å². The summed E-state index contributed by atoms with van der Waals surface area (Å²) in [6.07, 6.45) is 1.23. The van der Waals surface area contributed by atoms with Crippen LogP contribution in [0.15, 0.2) is 48.5 Å². The summed E-state index contributed by atoms with van der Waals surface area (Å²) >= 11 is 0. The van der Waals surface area contributed by atoms with E-state index in [1.165, 1.54) is 6.07 Å². The van der Waals surface area contributed by atoms with Crippen molar-refractivity contribution in [3.05, 3.63) is 65.2 Å². The predicted molar refractivity (Wildman–Crippen MR) is 90.1 cm³/mol. The van der Waals surface area contributed by atoms with E-state index in [1.54, 1.807) is 12.1 Å². The molecular formula is C19H21NO4. The Labute approximate surface area is 140 Å². The van der Waals surface area contributed by atoms with Crippen LogP contribution < -0.4 is 5.32 Å². The smallest absolute Gasteiger partial charge is 0.255 e. The minimum Gasteiger partial charge on any atom is -0.507 e. The summed E-state index contributed by atoms with van der Waals surface area (Å²) in [4.78, 5) is 12.6. The minimum atomic E-state index is -0.765. The van der Waals surface area contributed by atoms with Gasteiger partial charge in [0.2, 0.25) is 0 Å². The largest absolute Gasteiger partial charge is 0.507 e. The van der Waals surface area contributed by atoms with Gasteiger partial charge in [-0.3, -0.25) is 4.79 Å². The number of nitrogens with one attached hydrogen (secondary N) is 1. The fourth-order valence-corrected chi connectivity index (χ4v) is 2.88. The highest BCUT2D eigenvalue weighted by atomic mass is 16.5. The van der Waals surface area contributed by atoms with Crippen LogP contribution in [0.3, 0.4) is 0 Å². The van der Waals surface area contributed by atoms with Crippen molar-refractivity contribution in [2.24, 2.45) is 0 Å². The average molecular weight is 327 g/mol. The van der Waals surface area contributed by atoms with Crippen molar-refractivity contribution in [1.82, 2.24) is 5.32 Å². The predicted octanol–water partition coefficient (Wildman–Crippen LogP) is 1.86. The molecule has 0 radical (unpaired) electrons. The van der Waals surface area contributed by atoms with Gasteiger partial charge in [-0.25, -0.2) is 0 Å². The standard InChI is InChI=1S/C19H21NO4/c21-12-19(8-9-24-13-19)20-18(23)16-11-15(6-7-17(16)22)10-14-4-2-1-3-5-14/h1-7,11,21-22H,8-10,12-13H2,(H,20,23). The lowest BCUT2D eigenvalue weighted by molar-refractivity contribution is 0.0787. The summed E-state index contributed by atoms with van der Waals surface area (Å²) < 4.78 is 5.28. The van der Waals surface area contributed by atoms with Gasteiger partial charge in [-0.05, 0) is 36.1 Å². The lowest BCUT2D eigenvalue weighted by Crippen LogP contribution is -2.52. The van der Waals surface area contributed by atoms with Gasteiger partial charge in [0.25, 0.3) is 5.91 Å². The van der Waals surface area contributed by atoms with Crippen molar-refractivity contribution >= 4 is 5.91 Å². The number of ether oxygens (including phenoxy) is 1. The quantitative estimate of drug-likeness (QED) is 0.783. The number of benzene rings is 2. The van der Waals surface area contributed by atoms with Crippen LogP contribution in [-0.4, -0.2) is 41.5 Å². The molecule has 1 fully saturated rings. The van der Waals surface area contributed by atoms with E-state index in [9.17, 15) is 15.0 Å². The van der Waals surface area contributed by atoms with Crippen LogP contribution in [0.25, 0.3) is 0 Å². The fourth-order valence-electron chi connectivity index (χ4n) is 2.88. The van der Waals surface area contributed by atoms with Crippen molar-refractivity contribution in [1.29, 1.82) is 0 Å². The number of rotatable bonds is 5. The lowest BCUT2D eigenvalue weighted by atomic mass is 9.98. The summed E-state index contributed by atoms with van der Waals surface area (Å²) in [5, 5.41) is 22.4. The molecule has 3 N–H and O–H groups in total. The SMILES string of the molecule is O=C(NC1(CO)CCOC1)c1cc(Cc2ccccc2)ccc1O. The Balaban J connectivity index is 1.79. The zero-order valence-corrected chi connectivity index (χ0v) is 13.4. The van der Waals surface area contributed by atoms with E-state index >= 15 is 0 Å². The molecule has 1 unspecified atom stereocenters. The molecule has 1 aliphatic heterocycles. The number of aliphatic hydroxyl groups is 1. The molecule has 0 aliphatic carbocycles. The van der Waals surface area contributed by atoms with Crippen molar-refractivity contribution in [3.63, 3.8) is 0 Å². The van der Waals surface area contributed by atoms with E-state index in [-0.39, 0.29) is 24.5 Å². The first kappa shape index (κ1) is 16.5. The highest BCUT2D eigenvalue weighted by molar-refractivity contribution is 5.97. The first-order valence-electron chi connectivity index (χ1n) is 7.99. The number of aliphatic hydroxyl groups excluding tert-OH is 1. The number of hydrogen-bond acceptors (Lipinski definition) is 4. The van der Waals surface area contributed by atoms with E-state index < -0.39 is 11.4 Å². The Bertz CT molecular complexity index is 709. The zero-order chi connectivity index (χ0) is 17.0. The minimum absolute atomic E-state index is 0.0729. The van der Waals surface area contributed by atoms with E-state index in [4.69, 9.17) is 4.74 Å². The van der Waals surface area contributed by atoms with Gasteiger partial charge in [0, 0.05) is 6.61 Å². The van der Waals surface area contributed by atoms with Gasteiger partial charge in [0.15, 0.2) is 0 Å². The van der Waals surface area contributed by atoms with Gasteiger partial charge < -0.3 is 20.3 Å². The Hall–Kier alpha value is -2.37. The van der Waals surface area contributed by atoms with E-state index in [0.717, 1.165) is 11.1 Å². The van der Waals surface area contributed by atoms with E-state index in [1.807, 2.05) is 30.3 Å². The Morgan fingerprint density at radius 1 is 1.17 bits per heavy atom. The highest BCUT2D eigenvalue weighted by Crippen LogP contribution is 2.23. The van der Waals surface area contributed by atoms with Crippen molar-refractivity contribution < 1.29 is 19.7 Å². The van der Waals surface area contributed by atoms with Crippen molar-refractivity contribution in [2.75, 3.05) is 19.8 Å². The van der Waals surface area contributed by atoms with Gasteiger partial charge in [-0.15, -0.1) is 0 Å². The first-order valence-corrected chi connectivity index (χ1v) is 7.99. The maximum absolute atomic E-state index is 12.6. The third-order valence-electron chi connectivity index (χ3n) is 4.34. The van der Waals surface area contributed by atoms with Crippen LogP contribution in [-0.2, 0) is 11.2 Å². The number of amides is 1. The Morgan fingerprint density at radius 3 is 2.62 bits per heavy atom. The van der Waals surface area contributed by atoms with Gasteiger partial charge >= 0.3 is 0 Å². The van der Waals surface area contributed by atoms with Crippen LogP contribution in [0.2, 0.25) is 0 Å². The molecule has 0 aromatic heterocycles. The molecule has 126 valence electrons. The lowest BCUT2D eigenvalue weighted by Gasteiger charge is -2.26. The summed E-state index contributed by atoms with van der Waals surface area (Å²) in [6, 6.07) is 15.0. The highest BCUT2D eigenvalue weighted by Gasteiger charge is 2.36. The average Bonchev–Trinajstić information content (AvgIpc) is 3.06. The molecule has 5 nitrogen and oxygen atoms in total. The molecule has 1 saturated heterocycles. The number of phenolic OH excluding ortho intramolecular Hbond substituents is 1. The molecule has 24 heavy (non-hydrogen) atoms. The third-order valence-corrected chi connectivity index (χ3v) is 4.34. The zero-order valence-electron chi connectivity index (χ0n) is 13.4. The molecule has 0 bridgehead atoms. The summed E-state index contributed by atoms with van der Waals surface area (Å²) in [5.41, 5.74) is 1.51. The number of carbonyl (C=O) groups is 1.